The molecule has 2 N–H and O–H groups in total. The van der Waals surface area contributed by atoms with Gasteiger partial charge in [-0.25, -0.2) is 9.78 Å². The fourth-order valence-corrected chi connectivity index (χ4v) is 2.65. The average molecular weight is 276 g/mol. The molecule has 0 amide bonds. The Morgan fingerprint density at radius 3 is 2.68 bits per heavy atom. The highest BCUT2D eigenvalue weighted by Gasteiger charge is 2.11. The van der Waals surface area contributed by atoms with Crippen LogP contribution in [0, 0.1) is 13.8 Å². The van der Waals surface area contributed by atoms with Crippen LogP contribution in [0.15, 0.2) is 24.4 Å². The van der Waals surface area contributed by atoms with Crippen molar-refractivity contribution in [2.75, 3.05) is 5.32 Å². The molecule has 0 bridgehead atoms. The van der Waals surface area contributed by atoms with Crippen molar-refractivity contribution in [3.05, 3.63) is 45.4 Å². The van der Waals surface area contributed by atoms with Crippen LogP contribution < -0.4 is 5.32 Å². The molecule has 0 saturated carbocycles. The van der Waals surface area contributed by atoms with Crippen molar-refractivity contribution in [3.8, 4) is 0 Å². The summed E-state index contributed by atoms with van der Waals surface area (Å²) in [6, 6.07) is 5.36. The number of nitrogens with zero attached hydrogens (tertiary/aromatic N) is 1. The van der Waals surface area contributed by atoms with Crippen molar-refractivity contribution in [3.63, 3.8) is 0 Å². The largest absolute Gasteiger partial charge is 0.478 e. The van der Waals surface area contributed by atoms with Gasteiger partial charge in [-0.2, -0.15) is 0 Å². The summed E-state index contributed by atoms with van der Waals surface area (Å²) in [6.07, 6.45) is 1.86. The second-order valence-electron chi connectivity index (χ2n) is 4.51. The van der Waals surface area contributed by atoms with Gasteiger partial charge in [-0.1, -0.05) is 0 Å². The zero-order valence-electron chi connectivity index (χ0n) is 11.1. The van der Waals surface area contributed by atoms with E-state index in [1.165, 1.54) is 4.88 Å². The van der Waals surface area contributed by atoms with Gasteiger partial charge < -0.3 is 10.4 Å². The molecule has 1 aromatic carbocycles. The molecule has 1 atom stereocenters. The van der Waals surface area contributed by atoms with Crippen molar-refractivity contribution >= 4 is 23.0 Å². The number of anilines is 1. The third-order valence-corrected chi connectivity index (χ3v) is 3.95. The second-order valence-corrected chi connectivity index (χ2v) is 5.78. The van der Waals surface area contributed by atoms with E-state index < -0.39 is 5.97 Å². The van der Waals surface area contributed by atoms with E-state index in [4.69, 9.17) is 5.11 Å². The first-order chi connectivity index (χ1) is 8.97. The summed E-state index contributed by atoms with van der Waals surface area (Å²) in [5, 5.41) is 13.3. The summed E-state index contributed by atoms with van der Waals surface area (Å²) in [5.41, 5.74) is 1.99. The maximum Gasteiger partial charge on any atom is 0.335 e. The number of benzene rings is 1. The lowest BCUT2D eigenvalue weighted by molar-refractivity contribution is 0.0696. The Labute approximate surface area is 116 Å². The Morgan fingerprint density at radius 1 is 1.42 bits per heavy atom. The van der Waals surface area contributed by atoms with Crippen LogP contribution in [0.1, 0.15) is 38.8 Å². The highest BCUT2D eigenvalue weighted by molar-refractivity contribution is 7.11. The first kappa shape index (κ1) is 13.5. The molecule has 1 aromatic heterocycles. The van der Waals surface area contributed by atoms with Gasteiger partial charge in [-0.05, 0) is 44.5 Å². The standard InChI is InChI=1S/C14H16N2O2S/c1-8-6-11(4-5-12(8)14(17)18)16-10(3)13-15-7-9(2)19-13/h4-7,10,16H,1-3H3,(H,17,18). The third kappa shape index (κ3) is 3.12. The molecular formula is C14H16N2O2S. The van der Waals surface area contributed by atoms with E-state index in [1.54, 1.807) is 30.4 Å². The van der Waals surface area contributed by atoms with Crippen LogP contribution in [0.25, 0.3) is 0 Å². The summed E-state index contributed by atoms with van der Waals surface area (Å²) >= 11 is 1.66. The number of carboxylic acid groups (broad SMARTS) is 1. The van der Waals surface area contributed by atoms with Gasteiger partial charge >= 0.3 is 5.97 Å². The fourth-order valence-electron chi connectivity index (χ4n) is 1.88. The number of carbonyl (C=O) groups is 1. The molecule has 1 unspecified atom stereocenters. The summed E-state index contributed by atoms with van der Waals surface area (Å²) in [7, 11) is 0. The van der Waals surface area contributed by atoms with Crippen LogP contribution in [0.4, 0.5) is 5.69 Å². The number of aryl methyl sites for hydroxylation is 2. The van der Waals surface area contributed by atoms with Crippen molar-refractivity contribution in [1.82, 2.24) is 4.98 Å². The average Bonchev–Trinajstić information content (AvgIpc) is 2.75. The Kier molecular flexibility index (Phi) is 3.85. The number of aromatic nitrogens is 1. The van der Waals surface area contributed by atoms with Gasteiger partial charge in [0.25, 0.3) is 0 Å². The highest BCUT2D eigenvalue weighted by Crippen LogP contribution is 2.24. The highest BCUT2D eigenvalue weighted by atomic mass is 32.1. The van der Waals surface area contributed by atoms with E-state index in [-0.39, 0.29) is 6.04 Å². The number of carboxylic acids is 1. The van der Waals surface area contributed by atoms with Gasteiger partial charge in [-0.3, -0.25) is 0 Å². The Balaban J connectivity index is 2.15. The molecule has 0 fully saturated rings. The first-order valence-electron chi connectivity index (χ1n) is 6.00. The predicted molar refractivity (Wildman–Crippen MR) is 77.0 cm³/mol. The number of hydrogen-bond acceptors (Lipinski definition) is 4. The smallest absolute Gasteiger partial charge is 0.335 e. The maximum absolute atomic E-state index is 11.0. The number of thiazole rings is 1. The number of aromatic carboxylic acids is 1. The van der Waals surface area contributed by atoms with Gasteiger partial charge in [0.1, 0.15) is 5.01 Å². The van der Waals surface area contributed by atoms with Gasteiger partial charge in [0.2, 0.25) is 0 Å². The Morgan fingerprint density at radius 2 is 2.16 bits per heavy atom. The molecule has 0 radical (unpaired) electrons. The molecule has 0 aliphatic rings. The SMILES string of the molecule is Cc1cnc(C(C)Nc2ccc(C(=O)O)c(C)c2)s1. The van der Waals surface area contributed by atoms with E-state index in [1.807, 2.05) is 26.1 Å². The molecule has 0 aliphatic carbocycles. The van der Waals surface area contributed by atoms with Crippen molar-refractivity contribution in [2.24, 2.45) is 0 Å². The molecular weight excluding hydrogens is 260 g/mol. The minimum absolute atomic E-state index is 0.105. The second kappa shape index (κ2) is 5.40. The predicted octanol–water partition coefficient (Wildman–Crippen LogP) is 3.63. The molecule has 1 heterocycles. The lowest BCUT2D eigenvalue weighted by atomic mass is 10.1. The molecule has 2 aromatic rings. The van der Waals surface area contributed by atoms with Crippen LogP contribution in [-0.2, 0) is 0 Å². The van der Waals surface area contributed by atoms with E-state index >= 15 is 0 Å². The van der Waals surface area contributed by atoms with E-state index in [2.05, 4.69) is 10.3 Å². The van der Waals surface area contributed by atoms with Crippen molar-refractivity contribution < 1.29 is 9.90 Å². The van der Waals surface area contributed by atoms with Gasteiger partial charge in [0.15, 0.2) is 0 Å². The zero-order chi connectivity index (χ0) is 14.0. The molecule has 100 valence electrons. The van der Waals surface area contributed by atoms with Gasteiger partial charge in [-0.15, -0.1) is 11.3 Å². The topological polar surface area (TPSA) is 62.2 Å². The molecule has 5 heteroatoms. The quantitative estimate of drug-likeness (QED) is 0.895. The van der Waals surface area contributed by atoms with E-state index in [0.717, 1.165) is 16.3 Å². The van der Waals surface area contributed by atoms with Crippen LogP contribution in [0.5, 0.6) is 0 Å². The molecule has 19 heavy (non-hydrogen) atoms. The first-order valence-corrected chi connectivity index (χ1v) is 6.82. The molecule has 0 aliphatic heterocycles. The maximum atomic E-state index is 11.0. The molecule has 2 rings (SSSR count). The number of hydrogen-bond donors (Lipinski definition) is 2. The van der Waals surface area contributed by atoms with E-state index in [0.29, 0.717) is 5.56 Å². The third-order valence-electron chi connectivity index (χ3n) is 2.85. The lowest BCUT2D eigenvalue weighted by Crippen LogP contribution is -2.07. The van der Waals surface area contributed by atoms with Crippen LogP contribution in [0.3, 0.4) is 0 Å². The monoisotopic (exact) mass is 276 g/mol. The summed E-state index contributed by atoms with van der Waals surface area (Å²) in [6.45, 7) is 5.87. The molecule has 0 spiro atoms. The van der Waals surface area contributed by atoms with Gasteiger partial charge in [0.05, 0.1) is 11.6 Å². The fraction of sp³-hybridized carbons (Fsp3) is 0.286. The van der Waals surface area contributed by atoms with Crippen LogP contribution >= 0.6 is 11.3 Å². The Hall–Kier alpha value is -1.88. The van der Waals surface area contributed by atoms with Crippen molar-refractivity contribution in [1.29, 1.82) is 0 Å². The molecule has 4 nitrogen and oxygen atoms in total. The summed E-state index contributed by atoms with van der Waals surface area (Å²) in [5.74, 6) is -0.896. The minimum Gasteiger partial charge on any atom is -0.478 e. The summed E-state index contributed by atoms with van der Waals surface area (Å²) < 4.78 is 0. The number of rotatable bonds is 4. The summed E-state index contributed by atoms with van der Waals surface area (Å²) in [4.78, 5) is 16.5. The lowest BCUT2D eigenvalue weighted by Gasteiger charge is -2.14. The van der Waals surface area contributed by atoms with Crippen molar-refractivity contribution in [2.45, 2.75) is 26.8 Å². The Bertz CT molecular complexity index is 607. The number of nitrogens with one attached hydrogen (secondary N) is 1. The normalized spacial score (nSPS) is 12.2. The van der Waals surface area contributed by atoms with Crippen LogP contribution in [-0.4, -0.2) is 16.1 Å². The minimum atomic E-state index is -0.896. The van der Waals surface area contributed by atoms with E-state index in [9.17, 15) is 4.79 Å². The van der Waals surface area contributed by atoms with Gasteiger partial charge in [0, 0.05) is 16.8 Å². The van der Waals surface area contributed by atoms with Crippen LogP contribution in [0.2, 0.25) is 0 Å². The zero-order valence-corrected chi connectivity index (χ0v) is 11.9. The molecule has 0 saturated heterocycles.